The van der Waals surface area contributed by atoms with Crippen LogP contribution < -0.4 is 15.8 Å². The van der Waals surface area contributed by atoms with Crippen LogP contribution in [-0.2, 0) is 17.8 Å². The van der Waals surface area contributed by atoms with Gasteiger partial charge in [-0.25, -0.2) is 0 Å². The SMILES string of the molecule is CN(C)CCN(CC(N)=O)C(=O)c1ccc(CN2C(=O)c3cc(NC(=O)c4ccc(OC(F)(F)F)cc4)ccc3CC2c2cccc(C#N)c2)cc1. The van der Waals surface area contributed by atoms with Gasteiger partial charge in [0.2, 0.25) is 5.91 Å². The molecule has 4 aromatic rings. The molecule has 1 heterocycles. The summed E-state index contributed by atoms with van der Waals surface area (Å²) in [7, 11) is 3.71. The monoisotopic (exact) mass is 712 g/mol. The average molecular weight is 713 g/mol. The van der Waals surface area contributed by atoms with Crippen molar-refractivity contribution in [2.24, 2.45) is 5.73 Å². The van der Waals surface area contributed by atoms with E-state index in [9.17, 15) is 37.6 Å². The molecule has 5 rings (SSSR count). The lowest BCUT2D eigenvalue weighted by Crippen LogP contribution is -2.42. The van der Waals surface area contributed by atoms with Gasteiger partial charge < -0.3 is 30.5 Å². The number of carbonyl (C=O) groups excluding carboxylic acids is 4. The lowest BCUT2D eigenvalue weighted by Gasteiger charge is -2.37. The highest BCUT2D eigenvalue weighted by atomic mass is 19.4. The van der Waals surface area contributed by atoms with Gasteiger partial charge >= 0.3 is 6.36 Å². The first-order valence-corrected chi connectivity index (χ1v) is 16.1. The van der Waals surface area contributed by atoms with Crippen molar-refractivity contribution in [3.63, 3.8) is 0 Å². The molecule has 0 radical (unpaired) electrons. The Balaban J connectivity index is 1.39. The van der Waals surface area contributed by atoms with Crippen LogP contribution in [0.1, 0.15) is 59.4 Å². The Morgan fingerprint density at radius 2 is 1.65 bits per heavy atom. The van der Waals surface area contributed by atoms with Crippen LogP contribution in [0, 0.1) is 11.3 Å². The van der Waals surface area contributed by atoms with Crippen LogP contribution in [-0.4, -0.2) is 78.4 Å². The number of ether oxygens (including phenoxy) is 1. The Morgan fingerprint density at radius 1 is 0.962 bits per heavy atom. The zero-order chi connectivity index (χ0) is 37.6. The standard InChI is InChI=1S/C38H35F3N6O5/c1-45(2)16-17-46(23-34(43)48)36(50)27-8-6-24(7-9-27)22-47-33(29-5-3-4-25(18-29)21-42)19-28-10-13-30(20-32(28)37(47)51)44-35(49)26-11-14-31(15-12-26)52-38(39,40)41/h3-15,18,20,33H,16-17,19,22-23H2,1-2H3,(H2,43,48)(H,44,49). The predicted molar refractivity (Wildman–Crippen MR) is 185 cm³/mol. The molecule has 14 heteroatoms. The minimum Gasteiger partial charge on any atom is -0.406 e. The first-order valence-electron chi connectivity index (χ1n) is 16.1. The van der Waals surface area contributed by atoms with Gasteiger partial charge in [-0.3, -0.25) is 19.2 Å². The lowest BCUT2D eigenvalue weighted by molar-refractivity contribution is -0.274. The summed E-state index contributed by atoms with van der Waals surface area (Å²) in [5.41, 5.74) is 9.08. The zero-order valence-electron chi connectivity index (χ0n) is 28.3. The number of carbonyl (C=O) groups is 4. The molecule has 11 nitrogen and oxygen atoms in total. The molecule has 0 spiro atoms. The molecular formula is C38H35F3N6O5. The second-order valence-electron chi connectivity index (χ2n) is 12.5. The van der Waals surface area contributed by atoms with E-state index in [0.29, 0.717) is 53.0 Å². The van der Waals surface area contributed by atoms with Crippen LogP contribution in [0.15, 0.2) is 91.0 Å². The van der Waals surface area contributed by atoms with Crippen LogP contribution in [0.5, 0.6) is 5.75 Å². The van der Waals surface area contributed by atoms with Crippen molar-refractivity contribution in [1.29, 1.82) is 5.26 Å². The quantitative estimate of drug-likeness (QED) is 0.207. The van der Waals surface area contributed by atoms with Gasteiger partial charge in [-0.15, -0.1) is 13.2 Å². The van der Waals surface area contributed by atoms with Gasteiger partial charge in [0.25, 0.3) is 17.7 Å². The van der Waals surface area contributed by atoms with E-state index in [-0.39, 0.29) is 30.5 Å². The maximum absolute atomic E-state index is 14.2. The molecule has 52 heavy (non-hydrogen) atoms. The van der Waals surface area contributed by atoms with E-state index in [1.165, 1.54) is 17.0 Å². The molecule has 4 amide bonds. The summed E-state index contributed by atoms with van der Waals surface area (Å²) in [6, 6.07) is 24.8. The number of nitrogens with one attached hydrogen (secondary N) is 1. The topological polar surface area (TPSA) is 149 Å². The van der Waals surface area contributed by atoms with Crippen molar-refractivity contribution in [3.05, 3.63) is 130 Å². The van der Waals surface area contributed by atoms with Crippen LogP contribution in [0.4, 0.5) is 18.9 Å². The molecule has 1 unspecified atom stereocenters. The van der Waals surface area contributed by atoms with Crippen molar-refractivity contribution in [2.75, 3.05) is 39.0 Å². The average Bonchev–Trinajstić information content (AvgIpc) is 3.10. The van der Waals surface area contributed by atoms with E-state index in [4.69, 9.17) is 5.73 Å². The number of hydrogen-bond donors (Lipinski definition) is 2. The number of halogens is 3. The molecule has 268 valence electrons. The molecule has 0 aromatic heterocycles. The Morgan fingerprint density at radius 3 is 2.29 bits per heavy atom. The summed E-state index contributed by atoms with van der Waals surface area (Å²) >= 11 is 0. The Labute approximate surface area is 298 Å². The molecule has 0 fully saturated rings. The number of alkyl halides is 3. The van der Waals surface area contributed by atoms with E-state index in [2.05, 4.69) is 16.1 Å². The summed E-state index contributed by atoms with van der Waals surface area (Å²) in [6.07, 6.45) is -4.47. The number of primary amides is 1. The molecule has 0 saturated carbocycles. The minimum absolute atomic E-state index is 0.0787. The molecule has 4 aromatic carbocycles. The first-order chi connectivity index (χ1) is 24.7. The fraction of sp³-hybridized carbons (Fsp3) is 0.237. The van der Waals surface area contributed by atoms with E-state index >= 15 is 0 Å². The van der Waals surface area contributed by atoms with Gasteiger partial charge in [-0.05, 0) is 97.9 Å². The highest BCUT2D eigenvalue weighted by molar-refractivity contribution is 6.05. The molecule has 1 atom stereocenters. The Kier molecular flexibility index (Phi) is 11.2. The number of anilines is 1. The first kappa shape index (κ1) is 37.1. The number of nitriles is 1. The summed E-state index contributed by atoms with van der Waals surface area (Å²) < 4.78 is 41.5. The smallest absolute Gasteiger partial charge is 0.406 e. The maximum atomic E-state index is 14.2. The second-order valence-corrected chi connectivity index (χ2v) is 12.5. The number of rotatable bonds is 12. The zero-order valence-corrected chi connectivity index (χ0v) is 28.3. The van der Waals surface area contributed by atoms with Gasteiger partial charge in [0.05, 0.1) is 24.2 Å². The third-order valence-electron chi connectivity index (χ3n) is 8.40. The van der Waals surface area contributed by atoms with Crippen LogP contribution in [0.3, 0.4) is 0 Å². The fourth-order valence-corrected chi connectivity index (χ4v) is 5.85. The fourth-order valence-electron chi connectivity index (χ4n) is 5.85. The second kappa shape index (κ2) is 15.8. The van der Waals surface area contributed by atoms with Crippen molar-refractivity contribution in [2.45, 2.75) is 25.4 Å². The predicted octanol–water partition coefficient (Wildman–Crippen LogP) is 5.14. The Bertz CT molecular complexity index is 2010. The molecule has 0 bridgehead atoms. The summed E-state index contributed by atoms with van der Waals surface area (Å²) in [5.74, 6) is -2.40. The van der Waals surface area contributed by atoms with Gasteiger partial charge in [-0.1, -0.05) is 30.3 Å². The highest BCUT2D eigenvalue weighted by Gasteiger charge is 2.34. The van der Waals surface area contributed by atoms with E-state index in [1.807, 2.05) is 25.1 Å². The van der Waals surface area contributed by atoms with Crippen LogP contribution in [0.25, 0.3) is 0 Å². The number of nitrogens with zero attached hydrogens (tertiary/aromatic N) is 4. The molecular weight excluding hydrogens is 677 g/mol. The molecule has 3 N–H and O–H groups in total. The summed E-state index contributed by atoms with van der Waals surface area (Å²) in [4.78, 5) is 57.1. The van der Waals surface area contributed by atoms with Gasteiger partial charge in [0, 0.05) is 42.0 Å². The van der Waals surface area contributed by atoms with Crippen LogP contribution in [0.2, 0.25) is 0 Å². The third kappa shape index (κ3) is 9.32. The normalized spacial score (nSPS) is 14.0. The number of amides is 4. The van der Waals surface area contributed by atoms with E-state index < -0.39 is 30.0 Å². The van der Waals surface area contributed by atoms with E-state index in [1.54, 1.807) is 65.6 Å². The van der Waals surface area contributed by atoms with E-state index in [0.717, 1.165) is 17.7 Å². The number of hydrogen-bond acceptors (Lipinski definition) is 7. The molecule has 1 aliphatic heterocycles. The van der Waals surface area contributed by atoms with Gasteiger partial charge in [0.15, 0.2) is 0 Å². The molecule has 1 aliphatic rings. The minimum atomic E-state index is -4.87. The maximum Gasteiger partial charge on any atom is 0.573 e. The van der Waals surface area contributed by atoms with Crippen molar-refractivity contribution in [3.8, 4) is 11.8 Å². The summed E-state index contributed by atoms with van der Waals surface area (Å²) in [5, 5.41) is 12.3. The molecule has 0 saturated heterocycles. The number of fused-ring (bicyclic) bond motifs is 1. The van der Waals surface area contributed by atoms with Gasteiger partial charge in [0.1, 0.15) is 5.75 Å². The Hall–Kier alpha value is -6.20. The van der Waals surface area contributed by atoms with Gasteiger partial charge in [-0.2, -0.15) is 5.26 Å². The molecule has 0 aliphatic carbocycles. The van der Waals surface area contributed by atoms with Crippen molar-refractivity contribution < 1.29 is 37.1 Å². The number of benzene rings is 4. The highest BCUT2D eigenvalue weighted by Crippen LogP contribution is 2.36. The largest absolute Gasteiger partial charge is 0.573 e. The number of nitrogens with two attached hydrogens (primary N) is 1. The lowest BCUT2D eigenvalue weighted by atomic mass is 9.88. The van der Waals surface area contributed by atoms with Crippen molar-refractivity contribution >= 4 is 29.3 Å². The van der Waals surface area contributed by atoms with Crippen molar-refractivity contribution in [1.82, 2.24) is 14.7 Å². The summed E-state index contributed by atoms with van der Waals surface area (Å²) in [6.45, 7) is 0.741. The number of likely N-dealkylation sites (N-methyl/N-ethyl adjacent to an activating group) is 1. The van der Waals surface area contributed by atoms with Crippen LogP contribution >= 0.6 is 0 Å². The third-order valence-corrected chi connectivity index (χ3v) is 8.40.